The lowest BCUT2D eigenvalue weighted by atomic mass is 10.1. The van der Waals surface area contributed by atoms with Crippen molar-refractivity contribution in [3.63, 3.8) is 0 Å². The fourth-order valence-corrected chi connectivity index (χ4v) is 1.75. The highest BCUT2D eigenvalue weighted by molar-refractivity contribution is 5.42. The quantitative estimate of drug-likeness (QED) is 0.855. The van der Waals surface area contributed by atoms with E-state index in [-0.39, 0.29) is 11.3 Å². The molecule has 1 N–H and O–H groups in total. The van der Waals surface area contributed by atoms with Crippen molar-refractivity contribution in [2.24, 2.45) is 0 Å². The summed E-state index contributed by atoms with van der Waals surface area (Å²) in [5.41, 5.74) is -1.10. The predicted molar refractivity (Wildman–Crippen MR) is 59.2 cm³/mol. The van der Waals surface area contributed by atoms with Gasteiger partial charge in [0.05, 0.1) is 11.8 Å². The van der Waals surface area contributed by atoms with E-state index in [2.05, 4.69) is 5.10 Å². The number of benzene rings is 1. The molecule has 0 radical (unpaired) electrons. The van der Waals surface area contributed by atoms with E-state index in [0.29, 0.717) is 0 Å². The standard InChI is InChI=1S/C12H10F4N2O/c1-7(19)11-8(13)3-2-4-9(11)18-6-5-10(17-18)12(14,15)16/h2-7,19H,1H3/t7-/m0/s1. The summed E-state index contributed by atoms with van der Waals surface area (Å²) >= 11 is 0. The van der Waals surface area contributed by atoms with Crippen LogP contribution >= 0.6 is 0 Å². The molecule has 1 atom stereocenters. The number of halogens is 4. The van der Waals surface area contributed by atoms with Crippen LogP contribution in [-0.4, -0.2) is 14.9 Å². The number of hydrogen-bond donors (Lipinski definition) is 1. The molecule has 19 heavy (non-hydrogen) atoms. The normalized spacial score (nSPS) is 13.6. The first-order valence-electron chi connectivity index (χ1n) is 5.40. The van der Waals surface area contributed by atoms with Gasteiger partial charge in [0.1, 0.15) is 5.82 Å². The average Bonchev–Trinajstić information content (AvgIpc) is 2.76. The molecule has 0 saturated heterocycles. The van der Waals surface area contributed by atoms with Crippen LogP contribution in [0.25, 0.3) is 5.69 Å². The summed E-state index contributed by atoms with van der Waals surface area (Å²) in [5.74, 6) is -0.698. The van der Waals surface area contributed by atoms with Gasteiger partial charge in [-0.1, -0.05) is 6.07 Å². The van der Waals surface area contributed by atoms with Gasteiger partial charge in [-0.3, -0.25) is 0 Å². The first-order valence-corrected chi connectivity index (χ1v) is 5.40. The summed E-state index contributed by atoms with van der Waals surface area (Å²) < 4.78 is 51.9. The molecule has 0 spiro atoms. The van der Waals surface area contributed by atoms with Crippen molar-refractivity contribution in [2.45, 2.75) is 19.2 Å². The Morgan fingerprint density at radius 2 is 1.95 bits per heavy atom. The van der Waals surface area contributed by atoms with Crippen molar-refractivity contribution in [3.8, 4) is 5.69 Å². The zero-order valence-corrected chi connectivity index (χ0v) is 9.82. The summed E-state index contributed by atoms with van der Waals surface area (Å²) in [4.78, 5) is 0. The molecule has 3 nitrogen and oxygen atoms in total. The summed E-state index contributed by atoms with van der Waals surface area (Å²) in [6.45, 7) is 1.33. The van der Waals surface area contributed by atoms with Gasteiger partial charge in [0.25, 0.3) is 0 Å². The largest absolute Gasteiger partial charge is 0.435 e. The molecular weight excluding hydrogens is 264 g/mol. The van der Waals surface area contributed by atoms with Crippen LogP contribution in [0.5, 0.6) is 0 Å². The molecule has 0 aliphatic heterocycles. The Morgan fingerprint density at radius 3 is 2.47 bits per heavy atom. The Bertz CT molecular complexity index is 590. The highest BCUT2D eigenvalue weighted by atomic mass is 19.4. The zero-order valence-electron chi connectivity index (χ0n) is 9.82. The minimum absolute atomic E-state index is 0.0745. The number of aliphatic hydroxyl groups excluding tert-OH is 1. The second-order valence-corrected chi connectivity index (χ2v) is 3.99. The van der Waals surface area contributed by atoms with Gasteiger partial charge in [-0.25, -0.2) is 9.07 Å². The van der Waals surface area contributed by atoms with E-state index in [4.69, 9.17) is 0 Å². The third kappa shape index (κ3) is 2.60. The Hall–Kier alpha value is -1.89. The fraction of sp³-hybridized carbons (Fsp3) is 0.250. The van der Waals surface area contributed by atoms with E-state index in [1.54, 1.807) is 0 Å². The minimum Gasteiger partial charge on any atom is -0.389 e. The van der Waals surface area contributed by atoms with Crippen molar-refractivity contribution >= 4 is 0 Å². The van der Waals surface area contributed by atoms with Crippen LogP contribution in [0.3, 0.4) is 0 Å². The molecule has 0 aliphatic carbocycles. The van der Waals surface area contributed by atoms with Crippen LogP contribution in [0.2, 0.25) is 0 Å². The van der Waals surface area contributed by atoms with Crippen molar-refractivity contribution in [3.05, 3.63) is 47.5 Å². The van der Waals surface area contributed by atoms with E-state index in [1.807, 2.05) is 0 Å². The highest BCUT2D eigenvalue weighted by Gasteiger charge is 2.33. The van der Waals surface area contributed by atoms with Crippen molar-refractivity contribution in [1.82, 2.24) is 9.78 Å². The monoisotopic (exact) mass is 274 g/mol. The molecule has 7 heteroatoms. The maximum atomic E-state index is 13.6. The molecule has 102 valence electrons. The van der Waals surface area contributed by atoms with Crippen molar-refractivity contribution in [1.29, 1.82) is 0 Å². The van der Waals surface area contributed by atoms with Gasteiger partial charge in [0.2, 0.25) is 0 Å². The molecule has 1 aromatic heterocycles. The highest BCUT2D eigenvalue weighted by Crippen LogP contribution is 2.29. The fourth-order valence-electron chi connectivity index (χ4n) is 1.75. The van der Waals surface area contributed by atoms with E-state index < -0.39 is 23.8 Å². The molecule has 2 rings (SSSR count). The average molecular weight is 274 g/mol. The van der Waals surface area contributed by atoms with Crippen molar-refractivity contribution in [2.75, 3.05) is 0 Å². The smallest absolute Gasteiger partial charge is 0.389 e. The van der Waals surface area contributed by atoms with Gasteiger partial charge >= 0.3 is 6.18 Å². The summed E-state index contributed by atoms with van der Waals surface area (Å²) in [6, 6.07) is 4.64. The lowest BCUT2D eigenvalue weighted by molar-refractivity contribution is -0.141. The predicted octanol–water partition coefficient (Wildman–Crippen LogP) is 3.08. The topological polar surface area (TPSA) is 38.0 Å². The maximum absolute atomic E-state index is 13.6. The van der Waals surface area contributed by atoms with E-state index in [1.165, 1.54) is 19.1 Å². The molecule has 2 aromatic rings. The van der Waals surface area contributed by atoms with E-state index in [0.717, 1.165) is 23.0 Å². The zero-order chi connectivity index (χ0) is 14.2. The molecule has 0 fully saturated rings. The summed E-state index contributed by atoms with van der Waals surface area (Å²) in [5, 5.41) is 12.9. The molecule has 0 bridgehead atoms. The molecule has 0 saturated carbocycles. The third-order valence-corrected chi connectivity index (χ3v) is 2.57. The maximum Gasteiger partial charge on any atom is 0.435 e. The molecule has 0 unspecified atom stereocenters. The molecule has 0 aliphatic rings. The number of nitrogens with zero attached hydrogens (tertiary/aromatic N) is 2. The van der Waals surface area contributed by atoms with E-state index in [9.17, 15) is 22.7 Å². The van der Waals surface area contributed by atoms with Crippen LogP contribution in [0, 0.1) is 5.82 Å². The number of rotatable bonds is 2. The molecule has 1 heterocycles. The first-order chi connectivity index (χ1) is 8.80. The lowest BCUT2D eigenvalue weighted by Gasteiger charge is -2.13. The van der Waals surface area contributed by atoms with Gasteiger partial charge in [0.15, 0.2) is 5.69 Å². The van der Waals surface area contributed by atoms with Crippen LogP contribution in [-0.2, 0) is 6.18 Å². The number of aliphatic hydroxyl groups is 1. The summed E-state index contributed by atoms with van der Waals surface area (Å²) in [7, 11) is 0. The van der Waals surface area contributed by atoms with Gasteiger partial charge in [0, 0.05) is 11.8 Å². The second kappa shape index (κ2) is 4.65. The number of aromatic nitrogens is 2. The van der Waals surface area contributed by atoms with Gasteiger partial charge < -0.3 is 5.11 Å². The number of alkyl halides is 3. The summed E-state index contributed by atoms with van der Waals surface area (Å²) in [6.07, 6.45) is -4.65. The third-order valence-electron chi connectivity index (χ3n) is 2.57. The molecular formula is C12H10F4N2O. The van der Waals surface area contributed by atoms with Gasteiger partial charge in [-0.2, -0.15) is 18.3 Å². The van der Waals surface area contributed by atoms with Crippen LogP contribution in [0.15, 0.2) is 30.5 Å². The SMILES string of the molecule is C[C@H](O)c1c(F)cccc1-n1ccc(C(F)(F)F)n1. The Labute approximate surface area is 106 Å². The Kier molecular flexibility index (Phi) is 3.32. The van der Waals surface area contributed by atoms with Crippen molar-refractivity contribution < 1.29 is 22.7 Å². The van der Waals surface area contributed by atoms with Crippen LogP contribution in [0.1, 0.15) is 24.3 Å². The first kappa shape index (κ1) is 13.5. The van der Waals surface area contributed by atoms with Crippen LogP contribution in [0.4, 0.5) is 17.6 Å². The molecule has 1 aromatic carbocycles. The number of hydrogen-bond acceptors (Lipinski definition) is 2. The Balaban J connectivity index is 2.54. The van der Waals surface area contributed by atoms with Crippen LogP contribution < -0.4 is 0 Å². The minimum atomic E-state index is -4.57. The second-order valence-electron chi connectivity index (χ2n) is 3.99. The van der Waals surface area contributed by atoms with Gasteiger partial charge in [-0.15, -0.1) is 0 Å². The lowest BCUT2D eigenvalue weighted by Crippen LogP contribution is -2.09. The van der Waals surface area contributed by atoms with Gasteiger partial charge in [-0.05, 0) is 25.1 Å². The van der Waals surface area contributed by atoms with E-state index >= 15 is 0 Å². The molecule has 0 amide bonds. The Morgan fingerprint density at radius 1 is 1.26 bits per heavy atom.